The van der Waals surface area contributed by atoms with Crippen molar-refractivity contribution in [2.75, 3.05) is 0 Å². The first-order valence-electron chi connectivity index (χ1n) is 10.5. The lowest BCUT2D eigenvalue weighted by molar-refractivity contribution is -0.143. The summed E-state index contributed by atoms with van der Waals surface area (Å²) in [5.41, 5.74) is 10.8. The highest BCUT2D eigenvalue weighted by Crippen LogP contribution is 2.10. The largest absolute Gasteiger partial charge is 0.480 e. The lowest BCUT2D eigenvalue weighted by Crippen LogP contribution is -2.58. The van der Waals surface area contributed by atoms with E-state index in [0.717, 1.165) is 0 Å². The van der Waals surface area contributed by atoms with E-state index in [-0.39, 0.29) is 24.7 Å². The van der Waals surface area contributed by atoms with E-state index >= 15 is 0 Å². The summed E-state index contributed by atoms with van der Waals surface area (Å²) in [6.45, 7) is 8.54. The molecular weight excluding hydrogens is 406 g/mol. The molecule has 0 aromatic carbocycles. The van der Waals surface area contributed by atoms with Crippen molar-refractivity contribution in [1.82, 2.24) is 16.0 Å². The Morgan fingerprint density at radius 3 is 1.74 bits per heavy atom. The van der Waals surface area contributed by atoms with Crippen molar-refractivity contribution in [3.8, 4) is 0 Å². The average Bonchev–Trinajstić information content (AvgIpc) is 2.71. The van der Waals surface area contributed by atoms with Crippen LogP contribution in [0.4, 0.5) is 0 Å². The van der Waals surface area contributed by atoms with Crippen LogP contribution in [0.2, 0.25) is 0 Å². The van der Waals surface area contributed by atoms with E-state index in [1.807, 2.05) is 13.8 Å². The Bertz CT molecular complexity index is 656. The quantitative estimate of drug-likeness (QED) is 0.203. The highest BCUT2D eigenvalue weighted by atomic mass is 16.4. The summed E-state index contributed by atoms with van der Waals surface area (Å²) < 4.78 is 0. The van der Waals surface area contributed by atoms with Gasteiger partial charge >= 0.3 is 5.97 Å². The van der Waals surface area contributed by atoms with E-state index in [1.54, 1.807) is 13.8 Å². The van der Waals surface area contributed by atoms with Crippen LogP contribution >= 0.6 is 0 Å². The zero-order chi connectivity index (χ0) is 24.3. The highest BCUT2D eigenvalue weighted by Gasteiger charge is 2.31. The molecule has 11 heteroatoms. The van der Waals surface area contributed by atoms with Gasteiger partial charge in [0.2, 0.25) is 23.6 Å². The number of hydrogen-bond donors (Lipinski definition) is 6. The lowest BCUT2D eigenvalue weighted by Gasteiger charge is -2.27. The number of carbonyl (C=O) groups excluding carboxylic acids is 4. The van der Waals surface area contributed by atoms with Gasteiger partial charge in [0.05, 0.1) is 6.04 Å². The molecule has 0 bridgehead atoms. The van der Waals surface area contributed by atoms with Gasteiger partial charge in [0.25, 0.3) is 0 Å². The second-order valence-corrected chi connectivity index (χ2v) is 7.92. The number of primary amides is 1. The number of carbonyl (C=O) groups is 5. The summed E-state index contributed by atoms with van der Waals surface area (Å²) in [5, 5.41) is 16.8. The fraction of sp³-hybridized carbons (Fsp3) is 0.750. The van der Waals surface area contributed by atoms with Crippen LogP contribution in [0.5, 0.6) is 0 Å². The van der Waals surface area contributed by atoms with E-state index < -0.39 is 53.8 Å². The standard InChI is InChI=1S/C20H37N5O6/c1-6-10(3)15(24-18(28)13(21)8-9-14(22)26)19(29)23-12(5)17(27)25-16(20(30)31)11(4)7-2/h10-13,15-16H,6-9,21H2,1-5H3,(H2,22,26)(H,23,29)(H,24,28)(H,25,27)(H,30,31). The number of hydrogen-bond acceptors (Lipinski definition) is 6. The predicted molar refractivity (Wildman–Crippen MR) is 114 cm³/mol. The molecule has 8 N–H and O–H groups in total. The molecule has 6 unspecified atom stereocenters. The molecule has 31 heavy (non-hydrogen) atoms. The highest BCUT2D eigenvalue weighted by molar-refractivity contribution is 5.94. The van der Waals surface area contributed by atoms with Gasteiger partial charge in [0, 0.05) is 6.42 Å². The molecule has 6 atom stereocenters. The molecular formula is C20H37N5O6. The minimum absolute atomic E-state index is 0.0427. The zero-order valence-corrected chi connectivity index (χ0v) is 18.9. The van der Waals surface area contributed by atoms with Gasteiger partial charge in [0.1, 0.15) is 18.1 Å². The number of carboxylic acids is 1. The molecule has 0 spiro atoms. The summed E-state index contributed by atoms with van der Waals surface area (Å²) in [6.07, 6.45) is 1.09. The number of amides is 4. The van der Waals surface area contributed by atoms with Gasteiger partial charge < -0.3 is 32.5 Å². The Kier molecular flexibility index (Phi) is 12.4. The topological polar surface area (TPSA) is 194 Å². The molecule has 0 aromatic heterocycles. The summed E-state index contributed by atoms with van der Waals surface area (Å²) in [6, 6.07) is -4.08. The third kappa shape index (κ3) is 9.77. The van der Waals surface area contributed by atoms with Crippen LogP contribution in [0.3, 0.4) is 0 Å². The number of carboxylic acid groups (broad SMARTS) is 1. The molecule has 0 aliphatic heterocycles. The normalized spacial score (nSPS) is 16.7. The number of rotatable bonds is 14. The predicted octanol–water partition coefficient (Wildman–Crippen LogP) is -0.770. The molecule has 0 aliphatic carbocycles. The molecule has 0 saturated carbocycles. The molecule has 0 saturated heterocycles. The SMILES string of the molecule is CCC(C)C(NC(=O)C(C)NC(=O)C(NC(=O)C(N)CCC(N)=O)C(C)CC)C(=O)O. The maximum absolute atomic E-state index is 12.8. The van der Waals surface area contributed by atoms with Crippen molar-refractivity contribution in [1.29, 1.82) is 0 Å². The van der Waals surface area contributed by atoms with Crippen LogP contribution in [0.15, 0.2) is 0 Å². The zero-order valence-electron chi connectivity index (χ0n) is 18.9. The van der Waals surface area contributed by atoms with Gasteiger partial charge in [-0.3, -0.25) is 19.2 Å². The minimum Gasteiger partial charge on any atom is -0.480 e. The first-order chi connectivity index (χ1) is 14.3. The van der Waals surface area contributed by atoms with Crippen LogP contribution in [0, 0.1) is 11.8 Å². The van der Waals surface area contributed by atoms with Gasteiger partial charge in [-0.25, -0.2) is 4.79 Å². The summed E-state index contributed by atoms with van der Waals surface area (Å²) in [7, 11) is 0. The van der Waals surface area contributed by atoms with Crippen LogP contribution in [-0.4, -0.2) is 58.9 Å². The third-order valence-corrected chi connectivity index (χ3v) is 5.36. The Balaban J connectivity index is 5.14. The Labute approximate surface area is 183 Å². The first-order valence-corrected chi connectivity index (χ1v) is 10.5. The molecule has 0 heterocycles. The number of nitrogens with two attached hydrogens (primary N) is 2. The van der Waals surface area contributed by atoms with Crippen molar-refractivity contribution in [2.45, 2.75) is 84.5 Å². The van der Waals surface area contributed by atoms with E-state index in [0.29, 0.717) is 12.8 Å². The molecule has 0 radical (unpaired) electrons. The minimum atomic E-state index is -1.16. The Morgan fingerprint density at radius 1 is 0.806 bits per heavy atom. The van der Waals surface area contributed by atoms with E-state index in [2.05, 4.69) is 16.0 Å². The molecule has 0 fully saturated rings. The first kappa shape index (κ1) is 28.3. The second kappa shape index (κ2) is 13.6. The van der Waals surface area contributed by atoms with Gasteiger partial charge in [-0.15, -0.1) is 0 Å². The second-order valence-electron chi connectivity index (χ2n) is 7.92. The van der Waals surface area contributed by atoms with Crippen LogP contribution < -0.4 is 27.4 Å². The number of aliphatic carboxylic acids is 1. The summed E-state index contributed by atoms with van der Waals surface area (Å²) in [5.74, 6) is -4.15. The molecule has 0 rings (SSSR count). The van der Waals surface area contributed by atoms with E-state index in [9.17, 15) is 29.1 Å². The lowest BCUT2D eigenvalue weighted by atomic mass is 9.97. The molecule has 0 aromatic rings. The molecule has 11 nitrogen and oxygen atoms in total. The molecule has 4 amide bonds. The van der Waals surface area contributed by atoms with Crippen molar-refractivity contribution in [3.63, 3.8) is 0 Å². The van der Waals surface area contributed by atoms with E-state index in [1.165, 1.54) is 6.92 Å². The van der Waals surface area contributed by atoms with Crippen LogP contribution in [0.25, 0.3) is 0 Å². The van der Waals surface area contributed by atoms with Gasteiger partial charge in [-0.2, -0.15) is 0 Å². The smallest absolute Gasteiger partial charge is 0.326 e. The number of nitrogens with one attached hydrogen (secondary N) is 3. The van der Waals surface area contributed by atoms with Gasteiger partial charge in [-0.05, 0) is 25.2 Å². The molecule has 0 aliphatic rings. The Hall–Kier alpha value is -2.69. The fourth-order valence-corrected chi connectivity index (χ4v) is 2.72. The third-order valence-electron chi connectivity index (χ3n) is 5.36. The Morgan fingerprint density at radius 2 is 1.29 bits per heavy atom. The van der Waals surface area contributed by atoms with Crippen LogP contribution in [0.1, 0.15) is 60.3 Å². The molecule has 178 valence electrons. The average molecular weight is 444 g/mol. The summed E-state index contributed by atoms with van der Waals surface area (Å²) in [4.78, 5) is 59.8. The van der Waals surface area contributed by atoms with Crippen molar-refractivity contribution < 1.29 is 29.1 Å². The van der Waals surface area contributed by atoms with Crippen molar-refractivity contribution in [2.24, 2.45) is 23.3 Å². The monoisotopic (exact) mass is 443 g/mol. The maximum Gasteiger partial charge on any atom is 0.326 e. The summed E-state index contributed by atoms with van der Waals surface area (Å²) >= 11 is 0. The van der Waals surface area contributed by atoms with E-state index in [4.69, 9.17) is 11.5 Å². The van der Waals surface area contributed by atoms with Crippen LogP contribution in [-0.2, 0) is 24.0 Å². The van der Waals surface area contributed by atoms with Gasteiger partial charge in [-0.1, -0.05) is 40.5 Å². The van der Waals surface area contributed by atoms with Crippen molar-refractivity contribution >= 4 is 29.6 Å². The van der Waals surface area contributed by atoms with Gasteiger partial charge in [0.15, 0.2) is 0 Å². The fourth-order valence-electron chi connectivity index (χ4n) is 2.72. The van der Waals surface area contributed by atoms with Crippen molar-refractivity contribution in [3.05, 3.63) is 0 Å². The maximum atomic E-state index is 12.8.